The lowest BCUT2D eigenvalue weighted by atomic mass is 10.2. The molecule has 7 heteroatoms. The SMILES string of the molecule is Cl.c1cc(CNCc2nnc3n2CCCCC3)c2c(c1)OCCCO2. The Balaban J connectivity index is 0.00000182. The van der Waals surface area contributed by atoms with E-state index in [1.54, 1.807) is 0 Å². The van der Waals surface area contributed by atoms with Crippen LogP contribution in [0.1, 0.15) is 42.9 Å². The molecule has 2 aliphatic rings. The van der Waals surface area contributed by atoms with Crippen molar-refractivity contribution in [2.24, 2.45) is 0 Å². The molecule has 1 aromatic heterocycles. The topological polar surface area (TPSA) is 61.2 Å². The van der Waals surface area contributed by atoms with E-state index in [0.717, 1.165) is 67.8 Å². The molecule has 0 saturated heterocycles. The van der Waals surface area contributed by atoms with E-state index in [1.807, 2.05) is 12.1 Å². The Morgan fingerprint density at radius 2 is 1.92 bits per heavy atom. The van der Waals surface area contributed by atoms with Gasteiger partial charge in [0.15, 0.2) is 11.5 Å². The minimum absolute atomic E-state index is 0. The highest BCUT2D eigenvalue weighted by molar-refractivity contribution is 5.85. The predicted octanol–water partition coefficient (Wildman–Crippen LogP) is 2.88. The smallest absolute Gasteiger partial charge is 0.165 e. The van der Waals surface area contributed by atoms with Gasteiger partial charge in [0.2, 0.25) is 0 Å². The lowest BCUT2D eigenvalue weighted by Crippen LogP contribution is -2.18. The third kappa shape index (κ3) is 4.07. The summed E-state index contributed by atoms with van der Waals surface area (Å²) in [6, 6.07) is 6.08. The molecule has 0 bridgehead atoms. The Hall–Kier alpha value is -1.79. The van der Waals surface area contributed by atoms with Crippen LogP contribution < -0.4 is 14.8 Å². The fourth-order valence-corrected chi connectivity index (χ4v) is 3.38. The number of nitrogens with zero attached hydrogens (tertiary/aromatic N) is 3. The van der Waals surface area contributed by atoms with E-state index < -0.39 is 0 Å². The summed E-state index contributed by atoms with van der Waals surface area (Å²) in [4.78, 5) is 0. The zero-order valence-electron chi connectivity index (χ0n) is 14.4. The van der Waals surface area contributed by atoms with E-state index in [4.69, 9.17) is 9.47 Å². The summed E-state index contributed by atoms with van der Waals surface area (Å²) in [5.41, 5.74) is 1.13. The van der Waals surface area contributed by atoms with Gasteiger partial charge in [-0.2, -0.15) is 0 Å². The standard InChI is InChI=1S/C18H24N4O2.ClH/c1-2-8-16-20-21-17(22(16)9-3-1)13-19-12-14-6-4-7-15-18(14)24-11-5-10-23-15;/h4,6-7,19H,1-3,5,8-13H2;1H. The van der Waals surface area contributed by atoms with Gasteiger partial charge >= 0.3 is 0 Å². The average molecular weight is 365 g/mol. The number of nitrogens with one attached hydrogen (secondary N) is 1. The molecule has 6 nitrogen and oxygen atoms in total. The molecule has 136 valence electrons. The van der Waals surface area contributed by atoms with Crippen LogP contribution in [0.25, 0.3) is 0 Å². The Bertz CT molecular complexity index is 704. The van der Waals surface area contributed by atoms with Crippen LogP contribution in [0.3, 0.4) is 0 Å². The number of fused-ring (bicyclic) bond motifs is 2. The Labute approximate surface area is 154 Å². The van der Waals surface area contributed by atoms with Crippen molar-refractivity contribution < 1.29 is 9.47 Å². The van der Waals surface area contributed by atoms with Crippen molar-refractivity contribution >= 4 is 12.4 Å². The first-order chi connectivity index (χ1) is 11.9. The summed E-state index contributed by atoms with van der Waals surface area (Å²) < 4.78 is 13.9. The molecule has 25 heavy (non-hydrogen) atoms. The van der Waals surface area contributed by atoms with Crippen molar-refractivity contribution in [2.75, 3.05) is 13.2 Å². The molecule has 1 aromatic carbocycles. The predicted molar refractivity (Wildman–Crippen MR) is 97.4 cm³/mol. The number of para-hydroxylation sites is 1. The molecule has 0 spiro atoms. The number of ether oxygens (including phenoxy) is 2. The van der Waals surface area contributed by atoms with Crippen LogP contribution in [0.2, 0.25) is 0 Å². The van der Waals surface area contributed by atoms with E-state index in [1.165, 1.54) is 19.3 Å². The van der Waals surface area contributed by atoms with Gasteiger partial charge in [-0.3, -0.25) is 0 Å². The zero-order chi connectivity index (χ0) is 16.2. The normalized spacial score (nSPS) is 16.3. The van der Waals surface area contributed by atoms with Gasteiger partial charge < -0.3 is 19.4 Å². The number of aryl methyl sites for hydroxylation is 1. The quantitative estimate of drug-likeness (QED) is 0.903. The molecule has 2 aromatic rings. The maximum absolute atomic E-state index is 5.88. The van der Waals surface area contributed by atoms with Crippen molar-refractivity contribution in [3.63, 3.8) is 0 Å². The van der Waals surface area contributed by atoms with Crippen LogP contribution in [0.15, 0.2) is 18.2 Å². The van der Waals surface area contributed by atoms with Crippen LogP contribution >= 0.6 is 12.4 Å². The van der Waals surface area contributed by atoms with Crippen molar-refractivity contribution in [1.29, 1.82) is 0 Å². The second-order valence-corrected chi connectivity index (χ2v) is 6.39. The number of rotatable bonds is 4. The maximum atomic E-state index is 5.88. The van der Waals surface area contributed by atoms with Gasteiger partial charge in [-0.15, -0.1) is 22.6 Å². The lowest BCUT2D eigenvalue weighted by molar-refractivity contribution is 0.296. The largest absolute Gasteiger partial charge is 0.490 e. The summed E-state index contributed by atoms with van der Waals surface area (Å²) in [5.74, 6) is 3.89. The highest BCUT2D eigenvalue weighted by Gasteiger charge is 2.16. The summed E-state index contributed by atoms with van der Waals surface area (Å²) >= 11 is 0. The minimum atomic E-state index is 0. The Kier molecular flexibility index (Phi) is 6.15. The summed E-state index contributed by atoms with van der Waals surface area (Å²) in [5, 5.41) is 12.2. The second kappa shape index (κ2) is 8.54. The van der Waals surface area contributed by atoms with Crippen LogP contribution in [-0.2, 0) is 26.1 Å². The molecule has 1 N–H and O–H groups in total. The van der Waals surface area contributed by atoms with Gasteiger partial charge in [-0.1, -0.05) is 18.6 Å². The van der Waals surface area contributed by atoms with Gasteiger partial charge in [0.05, 0.1) is 19.8 Å². The Morgan fingerprint density at radius 1 is 1.00 bits per heavy atom. The summed E-state index contributed by atoms with van der Waals surface area (Å²) in [6.45, 7) is 3.92. The van der Waals surface area contributed by atoms with Crippen molar-refractivity contribution in [2.45, 2.75) is 51.7 Å². The molecule has 0 unspecified atom stereocenters. The van der Waals surface area contributed by atoms with Crippen LogP contribution in [-0.4, -0.2) is 28.0 Å². The number of hydrogen-bond donors (Lipinski definition) is 1. The number of halogens is 1. The maximum Gasteiger partial charge on any atom is 0.165 e. The zero-order valence-corrected chi connectivity index (χ0v) is 15.2. The molecule has 4 rings (SSSR count). The van der Waals surface area contributed by atoms with E-state index in [9.17, 15) is 0 Å². The van der Waals surface area contributed by atoms with Gasteiger partial charge in [-0.05, 0) is 18.9 Å². The van der Waals surface area contributed by atoms with Crippen molar-refractivity contribution in [1.82, 2.24) is 20.1 Å². The number of aromatic nitrogens is 3. The molecular weight excluding hydrogens is 340 g/mol. The monoisotopic (exact) mass is 364 g/mol. The molecule has 0 amide bonds. The first kappa shape index (κ1) is 18.0. The summed E-state index contributed by atoms with van der Waals surface area (Å²) in [7, 11) is 0. The molecule has 3 heterocycles. The fraction of sp³-hybridized carbons (Fsp3) is 0.556. The van der Waals surface area contributed by atoms with Crippen molar-refractivity contribution in [3.05, 3.63) is 35.4 Å². The van der Waals surface area contributed by atoms with Crippen LogP contribution in [0, 0.1) is 0 Å². The third-order valence-electron chi connectivity index (χ3n) is 4.64. The Morgan fingerprint density at radius 3 is 2.88 bits per heavy atom. The van der Waals surface area contributed by atoms with Crippen LogP contribution in [0.4, 0.5) is 0 Å². The van der Waals surface area contributed by atoms with E-state index in [2.05, 4.69) is 26.1 Å². The average Bonchev–Trinajstić information content (AvgIpc) is 2.81. The molecular formula is C18H25ClN4O2. The fourth-order valence-electron chi connectivity index (χ4n) is 3.38. The number of hydrogen-bond acceptors (Lipinski definition) is 5. The molecule has 0 aliphatic carbocycles. The van der Waals surface area contributed by atoms with Crippen LogP contribution in [0.5, 0.6) is 11.5 Å². The lowest BCUT2D eigenvalue weighted by Gasteiger charge is -2.13. The van der Waals surface area contributed by atoms with Gasteiger partial charge in [0.25, 0.3) is 0 Å². The van der Waals surface area contributed by atoms with Crippen molar-refractivity contribution in [3.8, 4) is 11.5 Å². The molecule has 0 radical (unpaired) electrons. The van der Waals surface area contributed by atoms with Gasteiger partial charge in [0, 0.05) is 31.5 Å². The molecule has 2 aliphatic heterocycles. The highest BCUT2D eigenvalue weighted by atomic mass is 35.5. The molecule has 0 fully saturated rings. The second-order valence-electron chi connectivity index (χ2n) is 6.39. The first-order valence-electron chi connectivity index (χ1n) is 8.91. The number of benzene rings is 1. The van der Waals surface area contributed by atoms with E-state index >= 15 is 0 Å². The summed E-state index contributed by atoms with van der Waals surface area (Å²) in [6.07, 6.45) is 5.69. The van der Waals surface area contributed by atoms with E-state index in [-0.39, 0.29) is 12.4 Å². The molecule has 0 saturated carbocycles. The minimum Gasteiger partial charge on any atom is -0.490 e. The molecule has 0 atom stereocenters. The van der Waals surface area contributed by atoms with E-state index in [0.29, 0.717) is 6.61 Å². The van der Waals surface area contributed by atoms with Gasteiger partial charge in [0.1, 0.15) is 11.6 Å². The third-order valence-corrected chi connectivity index (χ3v) is 4.64. The first-order valence-corrected chi connectivity index (χ1v) is 8.91. The van der Waals surface area contributed by atoms with Gasteiger partial charge in [-0.25, -0.2) is 0 Å². The highest BCUT2D eigenvalue weighted by Crippen LogP contribution is 2.33.